The van der Waals surface area contributed by atoms with Gasteiger partial charge < -0.3 is 0 Å². The Morgan fingerprint density at radius 2 is 2.18 bits per heavy atom. The van der Waals surface area contributed by atoms with Gasteiger partial charge in [0.2, 0.25) is 0 Å². The average molecular weight is 253 g/mol. The van der Waals surface area contributed by atoms with Gasteiger partial charge in [-0.1, -0.05) is 19.1 Å². The van der Waals surface area contributed by atoms with Crippen molar-refractivity contribution in [2.45, 2.75) is 18.1 Å². The van der Waals surface area contributed by atoms with Crippen LogP contribution in [0.1, 0.15) is 18.4 Å². The molecule has 1 saturated carbocycles. The highest BCUT2D eigenvalue weighted by atomic mass is 32.2. The van der Waals surface area contributed by atoms with E-state index in [-0.39, 0.29) is 11.7 Å². The first kappa shape index (κ1) is 12.1. The Labute approximate surface area is 99.8 Å². The van der Waals surface area contributed by atoms with Crippen LogP contribution in [0.5, 0.6) is 0 Å². The molecule has 1 aromatic carbocycles. The second-order valence-corrected chi connectivity index (χ2v) is 6.60. The first-order chi connectivity index (χ1) is 8.01. The van der Waals surface area contributed by atoms with Crippen molar-refractivity contribution in [1.82, 2.24) is 0 Å². The number of nitriles is 1. The van der Waals surface area contributed by atoms with Gasteiger partial charge in [0.05, 0.1) is 17.2 Å². The van der Waals surface area contributed by atoms with Crippen molar-refractivity contribution in [3.63, 3.8) is 0 Å². The van der Waals surface area contributed by atoms with Crippen LogP contribution in [0.2, 0.25) is 0 Å². The molecule has 0 heterocycles. The lowest BCUT2D eigenvalue weighted by Gasteiger charge is -2.00. The van der Waals surface area contributed by atoms with Gasteiger partial charge in [0, 0.05) is 11.7 Å². The Hall–Kier alpha value is -1.41. The third-order valence-electron chi connectivity index (χ3n) is 3.15. The zero-order valence-electron chi connectivity index (χ0n) is 9.30. The van der Waals surface area contributed by atoms with Crippen molar-refractivity contribution < 1.29 is 12.8 Å². The number of benzene rings is 1. The van der Waals surface area contributed by atoms with Gasteiger partial charge in [-0.3, -0.25) is 0 Å². The number of nitrogens with zero attached hydrogens (tertiary/aromatic N) is 1. The van der Waals surface area contributed by atoms with Crippen LogP contribution in [-0.2, 0) is 9.84 Å². The maximum atomic E-state index is 13.1. The lowest BCUT2D eigenvalue weighted by atomic mass is 10.1. The van der Waals surface area contributed by atoms with Crippen molar-refractivity contribution >= 4 is 9.84 Å². The van der Waals surface area contributed by atoms with E-state index < -0.39 is 26.8 Å². The molecule has 1 aromatic rings. The molecule has 2 rings (SSSR count). The van der Waals surface area contributed by atoms with Gasteiger partial charge in [-0.15, -0.1) is 0 Å². The largest absolute Gasteiger partial charge is 0.228 e. The third kappa shape index (κ3) is 2.05. The topological polar surface area (TPSA) is 57.9 Å². The molecule has 0 saturated heterocycles. The highest BCUT2D eigenvalue weighted by Gasteiger charge is 2.58. The molecule has 5 heteroatoms. The fourth-order valence-corrected chi connectivity index (χ4v) is 3.93. The highest BCUT2D eigenvalue weighted by molar-refractivity contribution is 7.92. The summed E-state index contributed by atoms with van der Waals surface area (Å²) < 4.78 is 36.6. The minimum absolute atomic E-state index is 0.0155. The lowest BCUT2D eigenvalue weighted by molar-refractivity contribution is 0.594. The summed E-state index contributed by atoms with van der Waals surface area (Å²) in [7, 11) is -3.24. The molecular weight excluding hydrogens is 241 g/mol. The number of hydrogen-bond acceptors (Lipinski definition) is 3. The molecule has 3 atom stereocenters. The molecule has 0 spiro atoms. The predicted molar refractivity (Wildman–Crippen MR) is 61.5 cm³/mol. The lowest BCUT2D eigenvalue weighted by Crippen LogP contribution is -2.12. The molecule has 17 heavy (non-hydrogen) atoms. The number of rotatable bonds is 3. The predicted octanol–water partition coefficient (Wildman–Crippen LogP) is 1.87. The minimum Gasteiger partial charge on any atom is -0.228 e. The van der Waals surface area contributed by atoms with E-state index in [1.54, 1.807) is 13.0 Å². The monoisotopic (exact) mass is 253 g/mol. The van der Waals surface area contributed by atoms with E-state index in [9.17, 15) is 12.8 Å². The Kier molecular flexibility index (Phi) is 2.92. The first-order valence-corrected chi connectivity index (χ1v) is 7.09. The second-order valence-electron chi connectivity index (χ2n) is 4.15. The minimum atomic E-state index is -3.24. The fourth-order valence-electron chi connectivity index (χ4n) is 2.19. The maximum absolute atomic E-state index is 13.1. The first-order valence-electron chi connectivity index (χ1n) is 5.38. The van der Waals surface area contributed by atoms with Gasteiger partial charge in [0.25, 0.3) is 0 Å². The quantitative estimate of drug-likeness (QED) is 0.826. The van der Waals surface area contributed by atoms with Crippen molar-refractivity contribution in [3.8, 4) is 6.07 Å². The molecule has 0 unspecified atom stereocenters. The van der Waals surface area contributed by atoms with E-state index in [2.05, 4.69) is 0 Å². The van der Waals surface area contributed by atoms with Gasteiger partial charge in [-0.2, -0.15) is 5.26 Å². The third-order valence-corrected chi connectivity index (χ3v) is 5.37. The molecule has 0 bridgehead atoms. The van der Waals surface area contributed by atoms with Crippen LogP contribution in [0.3, 0.4) is 0 Å². The second kappa shape index (κ2) is 4.11. The molecule has 1 aliphatic rings. The highest BCUT2D eigenvalue weighted by Crippen LogP contribution is 2.52. The molecule has 90 valence electrons. The van der Waals surface area contributed by atoms with E-state index in [4.69, 9.17) is 5.26 Å². The summed E-state index contributed by atoms with van der Waals surface area (Å²) in [5.41, 5.74) is 0.596. The van der Waals surface area contributed by atoms with Gasteiger partial charge in [-0.25, -0.2) is 12.8 Å². The molecule has 0 amide bonds. The summed E-state index contributed by atoms with van der Waals surface area (Å²) in [4.78, 5) is 0. The molecule has 1 fully saturated rings. The van der Waals surface area contributed by atoms with Crippen molar-refractivity contribution in [1.29, 1.82) is 5.26 Å². The van der Waals surface area contributed by atoms with Gasteiger partial charge in [-0.05, 0) is 17.7 Å². The zero-order valence-corrected chi connectivity index (χ0v) is 10.1. The van der Waals surface area contributed by atoms with E-state index in [0.29, 0.717) is 5.56 Å². The van der Waals surface area contributed by atoms with Gasteiger partial charge in [0.15, 0.2) is 9.84 Å². The Bertz CT molecular complexity index is 576. The summed E-state index contributed by atoms with van der Waals surface area (Å²) in [5.74, 6) is -1.30. The zero-order chi connectivity index (χ0) is 12.6. The van der Waals surface area contributed by atoms with Gasteiger partial charge in [0.1, 0.15) is 5.82 Å². The summed E-state index contributed by atoms with van der Waals surface area (Å²) in [6.07, 6.45) is 0. The average Bonchev–Trinajstić information content (AvgIpc) is 3.04. The number of hydrogen-bond donors (Lipinski definition) is 0. The molecule has 0 radical (unpaired) electrons. The molecule has 3 nitrogen and oxygen atoms in total. The Balaban J connectivity index is 2.34. The van der Waals surface area contributed by atoms with E-state index in [1.807, 2.05) is 6.07 Å². The normalized spacial score (nSPS) is 27.5. The van der Waals surface area contributed by atoms with Crippen molar-refractivity contribution in [2.75, 3.05) is 5.75 Å². The van der Waals surface area contributed by atoms with Crippen molar-refractivity contribution in [2.24, 2.45) is 5.92 Å². The maximum Gasteiger partial charge on any atom is 0.154 e. The molecule has 0 aromatic heterocycles. The standard InChI is InChI=1S/C12H12FNO2S/c1-2-17(15,16)12-10(7-14)11(12)8-4-3-5-9(13)6-8/h3-6,10-12H,2H2,1H3/t10-,11+,12-/m1/s1. The fraction of sp³-hybridized carbons (Fsp3) is 0.417. The van der Waals surface area contributed by atoms with Crippen LogP contribution >= 0.6 is 0 Å². The van der Waals surface area contributed by atoms with E-state index >= 15 is 0 Å². The van der Waals surface area contributed by atoms with Crippen LogP contribution in [0.25, 0.3) is 0 Å². The number of halogens is 1. The smallest absolute Gasteiger partial charge is 0.154 e. The molecular formula is C12H12FNO2S. The molecule has 0 N–H and O–H groups in total. The number of sulfone groups is 1. The van der Waals surface area contributed by atoms with Crippen molar-refractivity contribution in [3.05, 3.63) is 35.6 Å². The van der Waals surface area contributed by atoms with Gasteiger partial charge >= 0.3 is 0 Å². The summed E-state index contributed by atoms with van der Waals surface area (Å²) in [5, 5.41) is 8.26. The molecule has 1 aliphatic carbocycles. The Morgan fingerprint density at radius 1 is 1.47 bits per heavy atom. The molecule has 0 aliphatic heterocycles. The van der Waals surface area contributed by atoms with E-state index in [1.165, 1.54) is 18.2 Å². The van der Waals surface area contributed by atoms with Crippen LogP contribution in [0.15, 0.2) is 24.3 Å². The summed E-state index contributed by atoms with van der Waals surface area (Å²) >= 11 is 0. The van der Waals surface area contributed by atoms with Crippen LogP contribution < -0.4 is 0 Å². The summed E-state index contributed by atoms with van der Waals surface area (Å²) in [6, 6.07) is 7.81. The van der Waals surface area contributed by atoms with Crippen LogP contribution in [-0.4, -0.2) is 19.4 Å². The SMILES string of the molecule is CCS(=O)(=O)[C@@H]1[C@H](C#N)[C@@H]1c1cccc(F)c1. The van der Waals surface area contributed by atoms with Crippen LogP contribution in [0, 0.1) is 23.1 Å². The van der Waals surface area contributed by atoms with Crippen LogP contribution in [0.4, 0.5) is 4.39 Å². The Morgan fingerprint density at radius 3 is 2.71 bits per heavy atom. The van der Waals surface area contributed by atoms with E-state index in [0.717, 1.165) is 0 Å². The summed E-state index contributed by atoms with van der Waals surface area (Å²) in [6.45, 7) is 1.56.